The number of hydrogen-bond donors (Lipinski definition) is 2. The monoisotopic (exact) mass is 253 g/mol. The fourth-order valence-corrected chi connectivity index (χ4v) is 2.88. The summed E-state index contributed by atoms with van der Waals surface area (Å²) in [7, 11) is 1.93. The van der Waals surface area contributed by atoms with Gasteiger partial charge in [0.05, 0.1) is 11.9 Å². The summed E-state index contributed by atoms with van der Waals surface area (Å²) >= 11 is 0. The van der Waals surface area contributed by atoms with Gasteiger partial charge in [-0.3, -0.25) is 4.68 Å². The number of nitrogens with one attached hydrogen (secondary N) is 2. The van der Waals surface area contributed by atoms with Gasteiger partial charge in [0.2, 0.25) is 0 Å². The lowest BCUT2D eigenvalue weighted by atomic mass is 9.97. The molecular formula is C14H15N5. The summed E-state index contributed by atoms with van der Waals surface area (Å²) in [6, 6.07) is 0.435. The van der Waals surface area contributed by atoms with E-state index in [2.05, 4.69) is 33.5 Å². The highest BCUT2D eigenvalue weighted by Gasteiger charge is 2.22. The molecule has 5 heteroatoms. The van der Waals surface area contributed by atoms with E-state index < -0.39 is 0 Å². The topological polar surface area (TPSA) is 58.5 Å². The van der Waals surface area contributed by atoms with Crippen LogP contribution in [0.2, 0.25) is 0 Å². The van der Waals surface area contributed by atoms with E-state index in [9.17, 15) is 0 Å². The van der Waals surface area contributed by atoms with Gasteiger partial charge in [-0.15, -0.1) is 0 Å². The Morgan fingerprint density at radius 1 is 1.37 bits per heavy atom. The van der Waals surface area contributed by atoms with Crippen molar-refractivity contribution in [1.82, 2.24) is 19.7 Å². The van der Waals surface area contributed by atoms with Gasteiger partial charge in [0.1, 0.15) is 5.65 Å². The molecule has 1 aliphatic heterocycles. The number of hydrogen-bond acceptors (Lipinski definition) is 3. The molecule has 1 aliphatic rings. The molecule has 3 aromatic rings. The summed E-state index contributed by atoms with van der Waals surface area (Å²) in [5.41, 5.74) is 5.69. The van der Waals surface area contributed by atoms with E-state index in [1.165, 1.54) is 16.6 Å². The van der Waals surface area contributed by atoms with E-state index >= 15 is 0 Å². The number of nitrogens with zero attached hydrogens (tertiary/aromatic N) is 3. The minimum atomic E-state index is 0.435. The molecule has 0 spiro atoms. The first kappa shape index (κ1) is 10.6. The number of H-pyrrole nitrogens is 1. The van der Waals surface area contributed by atoms with Crippen LogP contribution >= 0.6 is 0 Å². The maximum absolute atomic E-state index is 4.52. The summed E-state index contributed by atoms with van der Waals surface area (Å²) < 4.78 is 1.82. The quantitative estimate of drug-likeness (QED) is 0.699. The van der Waals surface area contributed by atoms with Crippen LogP contribution in [0.25, 0.3) is 22.2 Å². The number of anilines is 1. The van der Waals surface area contributed by atoms with Crippen molar-refractivity contribution in [2.75, 3.05) is 5.32 Å². The molecule has 4 heterocycles. The van der Waals surface area contributed by atoms with Crippen molar-refractivity contribution in [3.8, 4) is 11.1 Å². The molecule has 0 bridgehead atoms. The number of aromatic nitrogens is 4. The second-order valence-electron chi connectivity index (χ2n) is 5.24. The second kappa shape index (κ2) is 3.60. The highest BCUT2D eigenvalue weighted by Crippen LogP contribution is 2.38. The van der Waals surface area contributed by atoms with E-state index in [0.29, 0.717) is 6.04 Å². The van der Waals surface area contributed by atoms with Crippen molar-refractivity contribution in [2.45, 2.75) is 19.4 Å². The van der Waals surface area contributed by atoms with Gasteiger partial charge in [-0.25, -0.2) is 4.98 Å². The summed E-state index contributed by atoms with van der Waals surface area (Å²) in [6.45, 7) is 2.20. The lowest BCUT2D eigenvalue weighted by Gasteiger charge is -2.23. The van der Waals surface area contributed by atoms with Gasteiger partial charge in [-0.05, 0) is 18.9 Å². The lowest BCUT2D eigenvalue weighted by Crippen LogP contribution is -2.22. The van der Waals surface area contributed by atoms with Crippen molar-refractivity contribution in [1.29, 1.82) is 0 Å². The molecule has 3 aromatic heterocycles. The van der Waals surface area contributed by atoms with Gasteiger partial charge in [0.15, 0.2) is 0 Å². The summed E-state index contributed by atoms with van der Waals surface area (Å²) in [4.78, 5) is 7.77. The lowest BCUT2D eigenvalue weighted by molar-refractivity contribution is 0.768. The fourth-order valence-electron chi connectivity index (χ4n) is 2.88. The molecule has 4 rings (SSSR count). The maximum Gasteiger partial charge on any atom is 0.139 e. The Balaban J connectivity index is 2.03. The van der Waals surface area contributed by atoms with Gasteiger partial charge in [0, 0.05) is 48.2 Å². The van der Waals surface area contributed by atoms with Crippen LogP contribution in [0.1, 0.15) is 12.5 Å². The third-order valence-corrected chi connectivity index (χ3v) is 3.72. The van der Waals surface area contributed by atoms with Crippen LogP contribution in [-0.4, -0.2) is 25.8 Å². The molecule has 5 nitrogen and oxygen atoms in total. The first-order valence-electron chi connectivity index (χ1n) is 6.47. The standard InChI is InChI=1S/C14H15N5/c1-8-3-9-4-15-14-12(9)13(18-8)11(6-16-14)10-5-17-19(2)7-10/h4-8,18H,3H2,1-2H3,(H,15,16). The number of pyridine rings is 1. The molecule has 2 N–H and O–H groups in total. The fraction of sp³-hybridized carbons (Fsp3) is 0.286. The Morgan fingerprint density at radius 2 is 2.26 bits per heavy atom. The average molecular weight is 253 g/mol. The molecule has 0 saturated heterocycles. The van der Waals surface area contributed by atoms with Crippen LogP contribution in [0, 0.1) is 0 Å². The second-order valence-corrected chi connectivity index (χ2v) is 5.24. The average Bonchev–Trinajstić information content (AvgIpc) is 2.97. The maximum atomic E-state index is 4.52. The first-order valence-corrected chi connectivity index (χ1v) is 6.47. The zero-order valence-electron chi connectivity index (χ0n) is 10.9. The van der Waals surface area contributed by atoms with Crippen LogP contribution in [0.15, 0.2) is 24.8 Å². The molecule has 0 aromatic carbocycles. The van der Waals surface area contributed by atoms with E-state index in [4.69, 9.17) is 0 Å². The van der Waals surface area contributed by atoms with Gasteiger partial charge in [-0.2, -0.15) is 5.10 Å². The SMILES string of the molecule is CC1Cc2c[nH]c3ncc(-c4cnn(C)c4)c(c23)N1. The predicted octanol–water partition coefficient (Wildman–Crippen LogP) is 2.32. The molecule has 0 amide bonds. The summed E-state index contributed by atoms with van der Waals surface area (Å²) in [6.07, 6.45) is 8.93. The van der Waals surface area contributed by atoms with Crippen LogP contribution < -0.4 is 5.32 Å². The smallest absolute Gasteiger partial charge is 0.139 e. The van der Waals surface area contributed by atoms with Crippen LogP contribution in [0.5, 0.6) is 0 Å². The highest BCUT2D eigenvalue weighted by atomic mass is 15.2. The van der Waals surface area contributed by atoms with E-state index in [0.717, 1.165) is 23.2 Å². The number of aromatic amines is 1. The molecule has 1 atom stereocenters. The molecule has 0 radical (unpaired) electrons. The molecular weight excluding hydrogens is 238 g/mol. The number of aryl methyl sites for hydroxylation is 1. The van der Waals surface area contributed by atoms with E-state index in [1.807, 2.05) is 30.3 Å². The zero-order chi connectivity index (χ0) is 13.0. The van der Waals surface area contributed by atoms with Gasteiger partial charge < -0.3 is 10.3 Å². The Kier molecular flexibility index (Phi) is 2.01. The molecule has 96 valence electrons. The van der Waals surface area contributed by atoms with Crippen LogP contribution in [0.4, 0.5) is 5.69 Å². The zero-order valence-corrected chi connectivity index (χ0v) is 10.9. The van der Waals surface area contributed by atoms with Crippen LogP contribution in [-0.2, 0) is 13.5 Å². The third-order valence-electron chi connectivity index (χ3n) is 3.72. The normalized spacial score (nSPS) is 17.7. The van der Waals surface area contributed by atoms with Crippen molar-refractivity contribution >= 4 is 16.7 Å². The van der Waals surface area contributed by atoms with Crippen LogP contribution in [0.3, 0.4) is 0 Å². The molecule has 1 unspecified atom stereocenters. The van der Waals surface area contributed by atoms with Gasteiger partial charge in [-0.1, -0.05) is 0 Å². The molecule has 19 heavy (non-hydrogen) atoms. The summed E-state index contributed by atoms with van der Waals surface area (Å²) in [5, 5.41) is 9.06. The first-order chi connectivity index (χ1) is 9.22. The van der Waals surface area contributed by atoms with Crippen molar-refractivity contribution in [3.05, 3.63) is 30.4 Å². The minimum Gasteiger partial charge on any atom is -0.381 e. The molecule has 0 saturated carbocycles. The predicted molar refractivity (Wildman–Crippen MR) is 75.1 cm³/mol. The van der Waals surface area contributed by atoms with Gasteiger partial charge >= 0.3 is 0 Å². The minimum absolute atomic E-state index is 0.435. The molecule has 0 aliphatic carbocycles. The van der Waals surface area contributed by atoms with Gasteiger partial charge in [0.25, 0.3) is 0 Å². The Labute approximate surface area is 110 Å². The van der Waals surface area contributed by atoms with E-state index in [1.54, 1.807) is 0 Å². The Hall–Kier alpha value is -2.30. The van der Waals surface area contributed by atoms with Crippen molar-refractivity contribution in [3.63, 3.8) is 0 Å². The Morgan fingerprint density at radius 3 is 3.05 bits per heavy atom. The largest absolute Gasteiger partial charge is 0.381 e. The summed E-state index contributed by atoms with van der Waals surface area (Å²) in [5.74, 6) is 0. The van der Waals surface area contributed by atoms with Crippen molar-refractivity contribution < 1.29 is 0 Å². The third kappa shape index (κ3) is 1.47. The van der Waals surface area contributed by atoms with E-state index in [-0.39, 0.29) is 0 Å². The highest BCUT2D eigenvalue weighted by molar-refractivity contribution is 6.01. The van der Waals surface area contributed by atoms with Crippen molar-refractivity contribution in [2.24, 2.45) is 7.05 Å². The molecule has 0 fully saturated rings. The Bertz CT molecular complexity index is 767. The number of rotatable bonds is 1.